The van der Waals surface area contributed by atoms with Crippen LogP contribution in [0.1, 0.15) is 29.2 Å². The summed E-state index contributed by atoms with van der Waals surface area (Å²) in [5.41, 5.74) is 2.86. The van der Waals surface area contributed by atoms with Gasteiger partial charge in [0.25, 0.3) is 5.91 Å². The van der Waals surface area contributed by atoms with Crippen LogP contribution < -0.4 is 5.32 Å². The first-order chi connectivity index (χ1) is 13.6. The number of nitrogens with one attached hydrogen (secondary N) is 1. The summed E-state index contributed by atoms with van der Waals surface area (Å²) in [5, 5.41) is 13.4. The minimum atomic E-state index is -0.226. The van der Waals surface area contributed by atoms with Gasteiger partial charge in [0.1, 0.15) is 5.01 Å². The number of anilines is 1. The molecular formula is C21H19N5OS. The van der Waals surface area contributed by atoms with Crippen LogP contribution >= 0.6 is 11.3 Å². The summed E-state index contributed by atoms with van der Waals surface area (Å²) in [4.78, 5) is 21.9. The molecule has 0 bridgehead atoms. The predicted octanol–water partition coefficient (Wildman–Crippen LogP) is 4.60. The average molecular weight is 389 g/mol. The molecule has 0 aliphatic carbocycles. The van der Waals surface area contributed by atoms with Gasteiger partial charge in [-0.25, -0.2) is 4.98 Å². The number of nitrogens with zero attached hydrogens (tertiary/aromatic N) is 4. The van der Waals surface area contributed by atoms with Crippen molar-refractivity contribution < 1.29 is 4.79 Å². The van der Waals surface area contributed by atoms with E-state index >= 15 is 0 Å². The van der Waals surface area contributed by atoms with Crippen LogP contribution in [0.3, 0.4) is 0 Å². The Balaban J connectivity index is 1.70. The van der Waals surface area contributed by atoms with Crippen molar-refractivity contribution in [3.05, 3.63) is 65.4 Å². The molecule has 0 aliphatic rings. The Bertz CT molecular complexity index is 1120. The Morgan fingerprint density at radius 2 is 2.00 bits per heavy atom. The van der Waals surface area contributed by atoms with E-state index in [0.29, 0.717) is 22.3 Å². The number of fused-ring (bicyclic) bond motifs is 1. The Morgan fingerprint density at radius 1 is 1.14 bits per heavy atom. The Labute approximate surface area is 166 Å². The van der Waals surface area contributed by atoms with Crippen LogP contribution in [0.25, 0.3) is 22.2 Å². The fraction of sp³-hybridized carbons (Fsp3) is 0.190. The number of amides is 1. The van der Waals surface area contributed by atoms with E-state index in [-0.39, 0.29) is 5.91 Å². The predicted molar refractivity (Wildman–Crippen MR) is 111 cm³/mol. The third-order valence-electron chi connectivity index (χ3n) is 4.19. The quantitative estimate of drug-likeness (QED) is 0.539. The number of benzene rings is 1. The molecule has 0 radical (unpaired) electrons. The van der Waals surface area contributed by atoms with E-state index in [1.807, 2.05) is 36.4 Å². The summed E-state index contributed by atoms with van der Waals surface area (Å²) < 4.78 is 0. The number of para-hydroxylation sites is 1. The van der Waals surface area contributed by atoms with Crippen molar-refractivity contribution in [2.75, 3.05) is 5.32 Å². The minimum Gasteiger partial charge on any atom is -0.296 e. The molecule has 0 atom stereocenters. The monoisotopic (exact) mass is 389 g/mol. The van der Waals surface area contributed by atoms with Crippen molar-refractivity contribution in [3.63, 3.8) is 0 Å². The first-order valence-electron chi connectivity index (χ1n) is 9.04. The van der Waals surface area contributed by atoms with Crippen LogP contribution in [0.2, 0.25) is 0 Å². The van der Waals surface area contributed by atoms with Crippen molar-refractivity contribution in [2.24, 2.45) is 5.92 Å². The van der Waals surface area contributed by atoms with E-state index in [1.54, 1.807) is 18.5 Å². The summed E-state index contributed by atoms with van der Waals surface area (Å²) >= 11 is 1.41. The fourth-order valence-electron chi connectivity index (χ4n) is 2.93. The van der Waals surface area contributed by atoms with Crippen LogP contribution in [0.5, 0.6) is 0 Å². The normalized spacial score (nSPS) is 11.1. The molecule has 1 amide bonds. The standard InChI is InChI=1S/C21H19N5OS/c1-13(2)10-19-25-26-21(28-19)24-20(27)16-11-18(14-6-5-9-22-12-14)23-17-8-4-3-7-15(16)17/h3-9,11-13H,10H2,1-2H3,(H,24,26,27). The zero-order valence-corrected chi connectivity index (χ0v) is 16.4. The first kappa shape index (κ1) is 18.2. The van der Waals surface area contributed by atoms with Crippen LogP contribution in [-0.4, -0.2) is 26.1 Å². The van der Waals surface area contributed by atoms with E-state index in [4.69, 9.17) is 0 Å². The van der Waals surface area contributed by atoms with Gasteiger partial charge in [0, 0.05) is 29.8 Å². The van der Waals surface area contributed by atoms with Gasteiger partial charge in [-0.3, -0.25) is 15.1 Å². The Morgan fingerprint density at radius 3 is 2.79 bits per heavy atom. The van der Waals surface area contributed by atoms with Gasteiger partial charge < -0.3 is 0 Å². The number of carbonyl (C=O) groups is 1. The molecule has 6 nitrogen and oxygen atoms in total. The number of hydrogen-bond acceptors (Lipinski definition) is 6. The van der Waals surface area contributed by atoms with Gasteiger partial charge in [-0.2, -0.15) is 0 Å². The van der Waals surface area contributed by atoms with E-state index in [2.05, 4.69) is 39.3 Å². The highest BCUT2D eigenvalue weighted by molar-refractivity contribution is 7.15. The number of hydrogen-bond donors (Lipinski definition) is 1. The highest BCUT2D eigenvalue weighted by Crippen LogP contribution is 2.26. The molecule has 1 N–H and O–H groups in total. The zero-order valence-electron chi connectivity index (χ0n) is 15.6. The molecular weight excluding hydrogens is 370 g/mol. The molecule has 0 fully saturated rings. The number of aromatic nitrogens is 4. The van der Waals surface area contributed by atoms with Gasteiger partial charge in [0.2, 0.25) is 5.13 Å². The third kappa shape index (κ3) is 3.89. The van der Waals surface area contributed by atoms with E-state index < -0.39 is 0 Å². The van der Waals surface area contributed by atoms with Crippen molar-refractivity contribution in [2.45, 2.75) is 20.3 Å². The molecule has 140 valence electrons. The average Bonchev–Trinajstić information content (AvgIpc) is 3.13. The third-order valence-corrected chi connectivity index (χ3v) is 5.05. The maximum atomic E-state index is 13.0. The van der Waals surface area contributed by atoms with E-state index in [0.717, 1.165) is 27.9 Å². The molecule has 7 heteroatoms. The Hall–Kier alpha value is -3.19. The van der Waals surface area contributed by atoms with Crippen LogP contribution in [0.15, 0.2) is 54.9 Å². The fourth-order valence-corrected chi connectivity index (χ4v) is 3.87. The largest absolute Gasteiger partial charge is 0.296 e. The summed E-state index contributed by atoms with van der Waals surface area (Å²) in [6.45, 7) is 4.26. The van der Waals surface area contributed by atoms with Gasteiger partial charge in [-0.05, 0) is 30.2 Å². The molecule has 28 heavy (non-hydrogen) atoms. The topological polar surface area (TPSA) is 80.7 Å². The lowest BCUT2D eigenvalue weighted by atomic mass is 10.0. The van der Waals surface area contributed by atoms with Crippen molar-refractivity contribution >= 4 is 33.3 Å². The van der Waals surface area contributed by atoms with Crippen molar-refractivity contribution in [1.29, 1.82) is 0 Å². The van der Waals surface area contributed by atoms with Crippen molar-refractivity contribution in [1.82, 2.24) is 20.2 Å². The maximum absolute atomic E-state index is 13.0. The summed E-state index contributed by atoms with van der Waals surface area (Å²) in [6, 6.07) is 13.2. The molecule has 0 saturated carbocycles. The maximum Gasteiger partial charge on any atom is 0.258 e. The molecule has 3 heterocycles. The summed E-state index contributed by atoms with van der Waals surface area (Å²) in [7, 11) is 0. The Kier molecular flexibility index (Phi) is 5.08. The SMILES string of the molecule is CC(C)Cc1nnc(NC(=O)c2cc(-c3cccnc3)nc3ccccc23)s1. The molecule has 0 saturated heterocycles. The molecule has 0 spiro atoms. The molecule has 4 rings (SSSR count). The summed E-state index contributed by atoms with van der Waals surface area (Å²) in [5.74, 6) is 0.263. The first-order valence-corrected chi connectivity index (χ1v) is 9.85. The van der Waals surface area contributed by atoms with Gasteiger partial charge in [0.05, 0.1) is 16.8 Å². The second-order valence-electron chi connectivity index (χ2n) is 6.87. The van der Waals surface area contributed by atoms with Gasteiger partial charge >= 0.3 is 0 Å². The summed E-state index contributed by atoms with van der Waals surface area (Å²) in [6.07, 6.45) is 4.29. The molecule has 1 aromatic carbocycles. The highest BCUT2D eigenvalue weighted by Gasteiger charge is 2.16. The lowest BCUT2D eigenvalue weighted by Gasteiger charge is -2.09. The molecule has 4 aromatic rings. The van der Waals surface area contributed by atoms with E-state index in [9.17, 15) is 4.79 Å². The molecule has 0 unspecified atom stereocenters. The van der Waals surface area contributed by atoms with Gasteiger partial charge in [0.15, 0.2) is 0 Å². The lowest BCUT2D eigenvalue weighted by Crippen LogP contribution is -2.13. The number of carbonyl (C=O) groups excluding carboxylic acids is 1. The molecule has 0 aliphatic heterocycles. The smallest absolute Gasteiger partial charge is 0.258 e. The zero-order chi connectivity index (χ0) is 19.5. The highest BCUT2D eigenvalue weighted by atomic mass is 32.1. The van der Waals surface area contributed by atoms with Crippen LogP contribution in [-0.2, 0) is 6.42 Å². The van der Waals surface area contributed by atoms with Crippen LogP contribution in [0.4, 0.5) is 5.13 Å². The number of rotatable bonds is 5. The van der Waals surface area contributed by atoms with Gasteiger partial charge in [-0.15, -0.1) is 10.2 Å². The number of pyridine rings is 2. The van der Waals surface area contributed by atoms with E-state index in [1.165, 1.54) is 11.3 Å². The minimum absolute atomic E-state index is 0.226. The second-order valence-corrected chi connectivity index (χ2v) is 7.93. The van der Waals surface area contributed by atoms with Crippen molar-refractivity contribution in [3.8, 4) is 11.3 Å². The van der Waals surface area contributed by atoms with Gasteiger partial charge in [-0.1, -0.05) is 43.4 Å². The lowest BCUT2D eigenvalue weighted by molar-refractivity contribution is 0.102. The second kappa shape index (κ2) is 7.82. The van der Waals surface area contributed by atoms with Crippen LogP contribution in [0, 0.1) is 5.92 Å². The molecule has 3 aromatic heterocycles.